The summed E-state index contributed by atoms with van der Waals surface area (Å²) in [6.07, 6.45) is 3.88. The van der Waals surface area contributed by atoms with Crippen molar-refractivity contribution in [2.75, 3.05) is 13.1 Å². The molecule has 2 nitrogen and oxygen atoms in total. The third kappa shape index (κ3) is 5.49. The Kier molecular flexibility index (Phi) is 6.56. The quantitative estimate of drug-likeness (QED) is 0.765. The van der Waals surface area contributed by atoms with Crippen LogP contribution in [0.25, 0.3) is 0 Å². The van der Waals surface area contributed by atoms with Gasteiger partial charge in [-0.1, -0.05) is 53.9 Å². The van der Waals surface area contributed by atoms with Gasteiger partial charge in [-0.3, -0.25) is 4.90 Å². The predicted molar refractivity (Wildman–Crippen MR) is 103 cm³/mol. The van der Waals surface area contributed by atoms with Gasteiger partial charge in [-0.25, -0.2) is 0 Å². The van der Waals surface area contributed by atoms with Crippen LogP contribution in [0.15, 0.2) is 48.5 Å². The van der Waals surface area contributed by atoms with E-state index in [1.807, 2.05) is 24.3 Å². The highest BCUT2D eigenvalue weighted by Crippen LogP contribution is 2.17. The zero-order valence-electron chi connectivity index (χ0n) is 13.8. The van der Waals surface area contributed by atoms with E-state index < -0.39 is 0 Å². The van der Waals surface area contributed by atoms with E-state index in [1.54, 1.807) is 0 Å². The van der Waals surface area contributed by atoms with E-state index in [4.69, 9.17) is 23.2 Å². The first-order valence-electron chi connectivity index (χ1n) is 8.64. The molecule has 0 aliphatic carbocycles. The maximum Gasteiger partial charge on any atom is 0.0406 e. The van der Waals surface area contributed by atoms with Crippen molar-refractivity contribution < 1.29 is 0 Å². The van der Waals surface area contributed by atoms with Crippen LogP contribution in [0.3, 0.4) is 0 Å². The minimum atomic E-state index is 0.582. The molecule has 1 aliphatic rings. The van der Waals surface area contributed by atoms with Gasteiger partial charge in [0.25, 0.3) is 0 Å². The lowest BCUT2D eigenvalue weighted by atomic mass is 10.0. The van der Waals surface area contributed by atoms with Crippen LogP contribution in [-0.4, -0.2) is 24.0 Å². The average Bonchev–Trinajstić information content (AvgIpc) is 2.60. The number of hydrogen-bond donors (Lipinski definition) is 1. The smallest absolute Gasteiger partial charge is 0.0406 e. The third-order valence-corrected chi connectivity index (χ3v) is 5.03. The fraction of sp³-hybridized carbons (Fsp3) is 0.400. The highest BCUT2D eigenvalue weighted by Gasteiger charge is 2.17. The van der Waals surface area contributed by atoms with Gasteiger partial charge in [0.05, 0.1) is 0 Å². The molecule has 0 bridgehead atoms. The molecule has 1 N–H and O–H groups in total. The van der Waals surface area contributed by atoms with E-state index in [9.17, 15) is 0 Å². The maximum absolute atomic E-state index is 6.01. The van der Waals surface area contributed by atoms with Crippen LogP contribution in [-0.2, 0) is 13.1 Å². The van der Waals surface area contributed by atoms with Crippen LogP contribution >= 0.6 is 23.2 Å². The average molecular weight is 363 g/mol. The summed E-state index contributed by atoms with van der Waals surface area (Å²) in [5.74, 6) is 0. The van der Waals surface area contributed by atoms with Gasteiger partial charge in [-0.05, 0) is 54.8 Å². The predicted octanol–water partition coefficient (Wildman–Crippen LogP) is 5.14. The Hall–Kier alpha value is -1.06. The number of rotatable bonds is 6. The largest absolute Gasteiger partial charge is 0.313 e. The van der Waals surface area contributed by atoms with Crippen LogP contribution < -0.4 is 5.32 Å². The van der Waals surface area contributed by atoms with Gasteiger partial charge >= 0.3 is 0 Å². The summed E-state index contributed by atoms with van der Waals surface area (Å²) in [4.78, 5) is 2.51. The monoisotopic (exact) mass is 362 g/mol. The Morgan fingerprint density at radius 2 is 1.38 bits per heavy atom. The molecule has 0 saturated carbocycles. The number of nitrogens with zero attached hydrogens (tertiary/aromatic N) is 1. The first-order chi connectivity index (χ1) is 11.7. The molecule has 1 aliphatic heterocycles. The molecule has 1 atom stereocenters. The second-order valence-corrected chi connectivity index (χ2v) is 7.44. The molecule has 1 saturated heterocycles. The molecular formula is C20H24Cl2N2. The highest BCUT2D eigenvalue weighted by molar-refractivity contribution is 6.30. The Labute approximate surface area is 154 Å². The standard InChI is InChI=1S/C20H24Cl2N2/c21-18-8-4-16(5-9-18)13-24(15-20-3-1-2-12-23-20)14-17-6-10-19(22)11-7-17/h4-11,20,23H,1-3,12-15H2/t20-/m0/s1. The van der Waals surface area contributed by atoms with Crippen LogP contribution in [0, 0.1) is 0 Å². The zero-order chi connectivity index (χ0) is 16.8. The Bertz CT molecular complexity index is 572. The topological polar surface area (TPSA) is 15.3 Å². The molecule has 4 heteroatoms. The summed E-state index contributed by atoms with van der Waals surface area (Å²) < 4.78 is 0. The van der Waals surface area contributed by atoms with E-state index in [1.165, 1.54) is 30.4 Å². The zero-order valence-corrected chi connectivity index (χ0v) is 15.4. The maximum atomic E-state index is 6.01. The molecular weight excluding hydrogens is 339 g/mol. The minimum absolute atomic E-state index is 0.582. The Balaban J connectivity index is 1.69. The second-order valence-electron chi connectivity index (χ2n) is 6.57. The number of hydrogen-bond acceptors (Lipinski definition) is 2. The fourth-order valence-electron chi connectivity index (χ4n) is 3.27. The van der Waals surface area contributed by atoms with Crippen molar-refractivity contribution in [2.45, 2.75) is 38.4 Å². The summed E-state index contributed by atoms with van der Waals surface area (Å²) >= 11 is 12.0. The van der Waals surface area contributed by atoms with Gasteiger partial charge in [-0.2, -0.15) is 0 Å². The van der Waals surface area contributed by atoms with Crippen molar-refractivity contribution in [3.63, 3.8) is 0 Å². The molecule has 24 heavy (non-hydrogen) atoms. The summed E-state index contributed by atoms with van der Waals surface area (Å²) in [5, 5.41) is 5.23. The van der Waals surface area contributed by atoms with Gasteiger partial charge in [0.15, 0.2) is 0 Å². The Morgan fingerprint density at radius 1 is 0.833 bits per heavy atom. The highest BCUT2D eigenvalue weighted by atomic mass is 35.5. The van der Waals surface area contributed by atoms with E-state index in [0.29, 0.717) is 6.04 Å². The molecule has 2 aromatic rings. The van der Waals surface area contributed by atoms with Gasteiger partial charge < -0.3 is 5.32 Å². The number of nitrogens with one attached hydrogen (secondary N) is 1. The van der Waals surface area contributed by atoms with E-state index >= 15 is 0 Å². The molecule has 0 spiro atoms. The molecule has 1 fully saturated rings. The number of piperidine rings is 1. The van der Waals surface area contributed by atoms with Crippen LogP contribution in [0.4, 0.5) is 0 Å². The number of benzene rings is 2. The molecule has 0 aromatic heterocycles. The van der Waals surface area contributed by atoms with Gasteiger partial charge in [-0.15, -0.1) is 0 Å². The first-order valence-corrected chi connectivity index (χ1v) is 9.39. The fourth-order valence-corrected chi connectivity index (χ4v) is 3.52. The molecule has 0 unspecified atom stereocenters. The third-order valence-electron chi connectivity index (χ3n) is 4.53. The van der Waals surface area contributed by atoms with Crippen LogP contribution in [0.5, 0.6) is 0 Å². The lowest BCUT2D eigenvalue weighted by molar-refractivity contribution is 0.209. The SMILES string of the molecule is Clc1ccc(CN(Cc2ccc(Cl)cc2)C[C@@H]2CCCCN2)cc1. The summed E-state index contributed by atoms with van der Waals surface area (Å²) in [6, 6.07) is 16.9. The molecule has 3 rings (SSSR count). The molecule has 1 heterocycles. The van der Waals surface area contributed by atoms with E-state index in [2.05, 4.69) is 34.5 Å². The van der Waals surface area contributed by atoms with E-state index in [-0.39, 0.29) is 0 Å². The minimum Gasteiger partial charge on any atom is -0.313 e. The molecule has 0 amide bonds. The van der Waals surface area contributed by atoms with Gasteiger partial charge in [0, 0.05) is 35.7 Å². The molecule has 2 aromatic carbocycles. The van der Waals surface area contributed by atoms with Crippen molar-refractivity contribution in [3.8, 4) is 0 Å². The van der Waals surface area contributed by atoms with Crippen molar-refractivity contribution >= 4 is 23.2 Å². The lowest BCUT2D eigenvalue weighted by Gasteiger charge is -2.31. The molecule has 0 radical (unpaired) electrons. The van der Waals surface area contributed by atoms with Crippen molar-refractivity contribution in [1.29, 1.82) is 0 Å². The summed E-state index contributed by atoms with van der Waals surface area (Å²) in [5.41, 5.74) is 2.59. The first kappa shape index (κ1) is 17.8. The van der Waals surface area contributed by atoms with Crippen molar-refractivity contribution in [1.82, 2.24) is 10.2 Å². The van der Waals surface area contributed by atoms with Crippen molar-refractivity contribution in [2.24, 2.45) is 0 Å². The molecule has 128 valence electrons. The van der Waals surface area contributed by atoms with Crippen LogP contribution in [0.1, 0.15) is 30.4 Å². The summed E-state index contributed by atoms with van der Waals surface area (Å²) in [7, 11) is 0. The van der Waals surface area contributed by atoms with Gasteiger partial charge in [0.1, 0.15) is 0 Å². The van der Waals surface area contributed by atoms with Crippen molar-refractivity contribution in [3.05, 3.63) is 69.7 Å². The van der Waals surface area contributed by atoms with E-state index in [0.717, 1.165) is 36.2 Å². The second kappa shape index (κ2) is 8.87. The normalized spacial score (nSPS) is 18.0. The van der Waals surface area contributed by atoms with Gasteiger partial charge in [0.2, 0.25) is 0 Å². The summed E-state index contributed by atoms with van der Waals surface area (Å²) in [6.45, 7) is 4.06. The number of halogens is 2. The lowest BCUT2D eigenvalue weighted by Crippen LogP contribution is -2.43. The Morgan fingerprint density at radius 3 is 1.83 bits per heavy atom. The van der Waals surface area contributed by atoms with Crippen LogP contribution in [0.2, 0.25) is 10.0 Å².